The Kier molecular flexibility index (Phi) is 8.21. The lowest BCUT2D eigenvalue weighted by Gasteiger charge is -2.38. The summed E-state index contributed by atoms with van der Waals surface area (Å²) in [6.07, 6.45) is 6.71. The van der Waals surface area contributed by atoms with Gasteiger partial charge in [-0.1, -0.05) is 23.7 Å². The minimum Gasteiger partial charge on any atom is -0.477 e. The number of fused-ring (bicyclic) bond motifs is 1. The summed E-state index contributed by atoms with van der Waals surface area (Å²) in [6.45, 7) is 5.90. The summed E-state index contributed by atoms with van der Waals surface area (Å²) in [5.41, 5.74) is 3.44. The number of pyridine rings is 2. The summed E-state index contributed by atoms with van der Waals surface area (Å²) in [5, 5.41) is 3.58. The third kappa shape index (κ3) is 6.15. The molecule has 6 rings (SSSR count). The lowest BCUT2D eigenvalue weighted by atomic mass is 9.85. The van der Waals surface area contributed by atoms with E-state index >= 15 is 0 Å². The van der Waals surface area contributed by atoms with Crippen molar-refractivity contribution in [3.8, 4) is 11.6 Å². The molecule has 43 heavy (non-hydrogen) atoms. The molecule has 1 aromatic carbocycles. The Morgan fingerprint density at radius 2 is 1.74 bits per heavy atom. The molecule has 4 aromatic rings. The number of carbonyl (C=O) groups excluding carboxylic acids is 2. The number of nitrogens with one attached hydrogen (secondary N) is 1. The number of para-hydroxylation sites is 2. The zero-order valence-electron chi connectivity index (χ0n) is 24.3. The van der Waals surface area contributed by atoms with Crippen molar-refractivity contribution in [2.45, 2.75) is 52.1 Å². The molecule has 1 aliphatic heterocycles. The summed E-state index contributed by atoms with van der Waals surface area (Å²) in [7, 11) is 0. The van der Waals surface area contributed by atoms with Crippen molar-refractivity contribution < 1.29 is 14.3 Å². The number of carbonyl (C=O) groups is 2. The second kappa shape index (κ2) is 12.2. The van der Waals surface area contributed by atoms with E-state index in [9.17, 15) is 14.4 Å². The molecule has 1 saturated heterocycles. The fourth-order valence-electron chi connectivity index (χ4n) is 6.11. The maximum atomic E-state index is 13.8. The first kappa shape index (κ1) is 28.9. The number of rotatable bonds is 8. The van der Waals surface area contributed by atoms with Crippen LogP contribution in [0.4, 0.5) is 0 Å². The lowest BCUT2D eigenvalue weighted by molar-refractivity contribution is -0.135. The number of imidazole rings is 1. The first-order valence-corrected chi connectivity index (χ1v) is 15.1. The van der Waals surface area contributed by atoms with Crippen molar-refractivity contribution in [1.82, 2.24) is 29.3 Å². The highest BCUT2D eigenvalue weighted by Gasteiger charge is 2.29. The molecule has 1 saturated carbocycles. The Labute approximate surface area is 254 Å². The van der Waals surface area contributed by atoms with Gasteiger partial charge in [-0.3, -0.25) is 23.7 Å². The monoisotopic (exact) mass is 602 g/mol. The largest absolute Gasteiger partial charge is 0.477 e. The second-order valence-electron chi connectivity index (χ2n) is 11.7. The number of likely N-dealkylation sites (tertiary alicyclic amines) is 1. The van der Waals surface area contributed by atoms with Gasteiger partial charge in [0.1, 0.15) is 0 Å². The number of aromatic nitrogens is 4. The van der Waals surface area contributed by atoms with Crippen molar-refractivity contribution >= 4 is 34.4 Å². The predicted molar refractivity (Wildman–Crippen MR) is 164 cm³/mol. The molecule has 224 valence electrons. The van der Waals surface area contributed by atoms with Crippen LogP contribution in [0.15, 0.2) is 59.7 Å². The van der Waals surface area contributed by atoms with E-state index in [4.69, 9.17) is 16.3 Å². The average Bonchev–Trinajstić information content (AvgIpc) is 3.25. The van der Waals surface area contributed by atoms with Crippen LogP contribution in [0, 0.1) is 18.8 Å². The molecule has 1 N–H and O–H groups in total. The van der Waals surface area contributed by atoms with Crippen LogP contribution in [0.1, 0.15) is 48.7 Å². The number of hydrogen-bond acceptors (Lipinski definition) is 6. The number of nitrogens with zero attached hydrogens (tertiary/aromatic N) is 5. The van der Waals surface area contributed by atoms with Crippen LogP contribution in [0.5, 0.6) is 5.88 Å². The van der Waals surface area contributed by atoms with Crippen molar-refractivity contribution in [3.05, 3.63) is 81.6 Å². The second-order valence-corrected chi connectivity index (χ2v) is 12.1. The van der Waals surface area contributed by atoms with Gasteiger partial charge in [0.25, 0.3) is 5.91 Å². The standard InChI is InChI=1S/C32H35ClN6O4/c1-20-27(13-24(33)14-34-20)31(41)36-25-9-7-22(8-10-25)18-38-28-5-3-4-6-29(28)39(32(38)42)26-11-12-30(35-15-26)43-19-23-16-37(17-23)21(2)40/h3-6,11-15,22-23,25H,7-10,16-19H2,1-2H3,(H,36,41). The van der Waals surface area contributed by atoms with Gasteiger partial charge in [-0.05, 0) is 62.8 Å². The molecule has 2 fully saturated rings. The van der Waals surface area contributed by atoms with Gasteiger partial charge >= 0.3 is 5.69 Å². The van der Waals surface area contributed by atoms with Crippen LogP contribution < -0.4 is 15.7 Å². The number of hydrogen-bond donors (Lipinski definition) is 1. The summed E-state index contributed by atoms with van der Waals surface area (Å²) in [6, 6.07) is 13.2. The molecule has 1 aliphatic carbocycles. The van der Waals surface area contributed by atoms with Crippen molar-refractivity contribution in [2.24, 2.45) is 11.8 Å². The van der Waals surface area contributed by atoms with Gasteiger partial charge in [0.05, 0.1) is 45.8 Å². The molecular formula is C32H35ClN6O4. The highest BCUT2D eigenvalue weighted by atomic mass is 35.5. The minimum absolute atomic E-state index is 0.0735. The topological polar surface area (TPSA) is 111 Å². The Balaban J connectivity index is 1.10. The van der Waals surface area contributed by atoms with Crippen LogP contribution in [-0.4, -0.2) is 61.6 Å². The van der Waals surface area contributed by atoms with E-state index in [0.29, 0.717) is 65.9 Å². The van der Waals surface area contributed by atoms with Gasteiger partial charge in [0.2, 0.25) is 11.8 Å². The fraction of sp³-hybridized carbons (Fsp3) is 0.406. The molecule has 11 heteroatoms. The SMILES string of the molecule is CC(=O)N1CC(COc2ccc(-n3c(=O)n(CC4CCC(NC(=O)c5cc(Cl)cnc5C)CC4)c4ccccc43)cn2)C1. The van der Waals surface area contributed by atoms with Gasteiger partial charge < -0.3 is 15.0 Å². The smallest absolute Gasteiger partial charge is 0.333 e. The maximum absolute atomic E-state index is 13.8. The summed E-state index contributed by atoms with van der Waals surface area (Å²) < 4.78 is 9.41. The van der Waals surface area contributed by atoms with Crippen molar-refractivity contribution in [2.75, 3.05) is 19.7 Å². The molecule has 4 heterocycles. The van der Waals surface area contributed by atoms with Crippen molar-refractivity contribution in [1.29, 1.82) is 0 Å². The molecule has 0 unspecified atom stereocenters. The van der Waals surface area contributed by atoms with Gasteiger partial charge in [-0.2, -0.15) is 0 Å². The Hall–Kier alpha value is -4.18. The first-order valence-electron chi connectivity index (χ1n) is 14.7. The van der Waals surface area contributed by atoms with Gasteiger partial charge in [-0.25, -0.2) is 9.78 Å². The van der Waals surface area contributed by atoms with Crippen LogP contribution in [-0.2, 0) is 11.3 Å². The molecule has 2 aliphatic rings. The molecule has 0 spiro atoms. The van der Waals surface area contributed by atoms with E-state index in [1.807, 2.05) is 34.9 Å². The number of benzene rings is 1. The quantitative estimate of drug-likeness (QED) is 0.320. The molecule has 2 amide bonds. The van der Waals surface area contributed by atoms with Gasteiger partial charge in [-0.15, -0.1) is 0 Å². The van der Waals surface area contributed by atoms with E-state index in [1.54, 1.807) is 47.8 Å². The number of aryl methyl sites for hydroxylation is 1. The minimum atomic E-state index is -0.150. The average molecular weight is 603 g/mol. The third-order valence-electron chi connectivity index (χ3n) is 8.60. The zero-order valence-corrected chi connectivity index (χ0v) is 25.1. The molecule has 3 aromatic heterocycles. The lowest BCUT2D eigenvalue weighted by Crippen LogP contribution is -2.51. The summed E-state index contributed by atoms with van der Waals surface area (Å²) in [5.74, 6) is 1.05. The highest BCUT2D eigenvalue weighted by Crippen LogP contribution is 2.28. The summed E-state index contributed by atoms with van der Waals surface area (Å²) in [4.78, 5) is 48.4. The molecule has 0 bridgehead atoms. The van der Waals surface area contributed by atoms with Crippen molar-refractivity contribution in [3.63, 3.8) is 0 Å². The fourth-order valence-corrected chi connectivity index (χ4v) is 6.27. The zero-order chi connectivity index (χ0) is 30.1. The maximum Gasteiger partial charge on any atom is 0.333 e. The van der Waals surface area contributed by atoms with E-state index in [0.717, 1.165) is 36.7 Å². The van der Waals surface area contributed by atoms with Crippen LogP contribution in [0.25, 0.3) is 16.7 Å². The van der Waals surface area contributed by atoms with Gasteiger partial charge in [0, 0.05) is 50.8 Å². The molecule has 0 atom stereocenters. The Morgan fingerprint density at radius 3 is 2.44 bits per heavy atom. The van der Waals surface area contributed by atoms with Crippen LogP contribution in [0.3, 0.4) is 0 Å². The van der Waals surface area contributed by atoms with Crippen LogP contribution >= 0.6 is 11.6 Å². The van der Waals surface area contributed by atoms with E-state index < -0.39 is 0 Å². The molecule has 10 nitrogen and oxygen atoms in total. The van der Waals surface area contributed by atoms with E-state index in [2.05, 4.69) is 15.3 Å². The first-order chi connectivity index (χ1) is 20.8. The molecular weight excluding hydrogens is 568 g/mol. The number of amides is 2. The van der Waals surface area contributed by atoms with E-state index in [-0.39, 0.29) is 23.5 Å². The Morgan fingerprint density at radius 1 is 1.00 bits per heavy atom. The number of halogens is 1. The third-order valence-corrected chi connectivity index (χ3v) is 8.81. The number of ether oxygens (including phenoxy) is 1. The highest BCUT2D eigenvalue weighted by molar-refractivity contribution is 6.30. The normalized spacial score (nSPS) is 18.8. The van der Waals surface area contributed by atoms with Crippen LogP contribution in [0.2, 0.25) is 5.02 Å². The van der Waals surface area contributed by atoms with E-state index in [1.165, 1.54) is 0 Å². The Bertz CT molecular complexity index is 1700. The predicted octanol–water partition coefficient (Wildman–Crippen LogP) is 4.39. The molecule has 0 radical (unpaired) electrons. The summed E-state index contributed by atoms with van der Waals surface area (Å²) >= 11 is 6.05. The van der Waals surface area contributed by atoms with Gasteiger partial charge in [0.15, 0.2) is 0 Å².